The number of carboxylic acids is 1. The second kappa shape index (κ2) is 5.01. The van der Waals surface area contributed by atoms with E-state index >= 15 is 0 Å². The number of nitrogens with zero attached hydrogens (tertiary/aromatic N) is 1. The third-order valence-electron chi connectivity index (χ3n) is 3.60. The molecule has 2 rings (SSSR count). The standard InChI is InChI=1S/C15H21NO2/c1-10(2)16-11(3)8-13-9-12(4-6-14(13)16)5-7-15(17)18/h4,6,9-11H,5,7-8H2,1-3H3,(H,17,18). The summed E-state index contributed by atoms with van der Waals surface area (Å²) < 4.78 is 0. The topological polar surface area (TPSA) is 40.5 Å². The predicted molar refractivity (Wildman–Crippen MR) is 73.2 cm³/mol. The van der Waals surface area contributed by atoms with Crippen molar-refractivity contribution in [2.24, 2.45) is 0 Å². The Kier molecular flexibility index (Phi) is 3.60. The van der Waals surface area contributed by atoms with Crippen LogP contribution in [0.15, 0.2) is 18.2 Å². The molecular formula is C15H21NO2. The van der Waals surface area contributed by atoms with E-state index in [4.69, 9.17) is 5.11 Å². The van der Waals surface area contributed by atoms with Gasteiger partial charge in [0.15, 0.2) is 0 Å². The Hall–Kier alpha value is -1.51. The Labute approximate surface area is 108 Å². The van der Waals surface area contributed by atoms with Crippen LogP contribution in [0.2, 0.25) is 0 Å². The van der Waals surface area contributed by atoms with Gasteiger partial charge in [-0.15, -0.1) is 0 Å². The van der Waals surface area contributed by atoms with Crippen molar-refractivity contribution in [2.75, 3.05) is 4.90 Å². The van der Waals surface area contributed by atoms with Crippen molar-refractivity contribution < 1.29 is 9.90 Å². The van der Waals surface area contributed by atoms with Crippen LogP contribution in [-0.2, 0) is 17.6 Å². The first-order valence-electron chi connectivity index (χ1n) is 6.61. The average molecular weight is 247 g/mol. The van der Waals surface area contributed by atoms with Gasteiger partial charge in [0.25, 0.3) is 0 Å². The number of fused-ring (bicyclic) bond motifs is 1. The fraction of sp³-hybridized carbons (Fsp3) is 0.533. The van der Waals surface area contributed by atoms with Crippen LogP contribution >= 0.6 is 0 Å². The summed E-state index contributed by atoms with van der Waals surface area (Å²) in [5.74, 6) is -0.729. The Morgan fingerprint density at radius 2 is 2.22 bits per heavy atom. The Bertz CT molecular complexity index is 454. The van der Waals surface area contributed by atoms with Crippen molar-refractivity contribution in [1.82, 2.24) is 0 Å². The zero-order chi connectivity index (χ0) is 13.3. The molecule has 1 unspecified atom stereocenters. The highest BCUT2D eigenvalue weighted by molar-refractivity contribution is 5.67. The number of rotatable bonds is 4. The third kappa shape index (κ3) is 2.50. The highest BCUT2D eigenvalue weighted by Crippen LogP contribution is 2.34. The lowest BCUT2D eigenvalue weighted by Crippen LogP contribution is -2.35. The van der Waals surface area contributed by atoms with Gasteiger partial charge >= 0.3 is 5.97 Å². The molecule has 0 saturated carbocycles. The van der Waals surface area contributed by atoms with Gasteiger partial charge in [0.05, 0.1) is 0 Å². The molecule has 0 bridgehead atoms. The molecule has 1 aliphatic rings. The van der Waals surface area contributed by atoms with Crippen molar-refractivity contribution in [3.8, 4) is 0 Å². The quantitative estimate of drug-likeness (QED) is 0.889. The van der Waals surface area contributed by atoms with Gasteiger partial charge in [-0.25, -0.2) is 0 Å². The minimum absolute atomic E-state index is 0.211. The van der Waals surface area contributed by atoms with Crippen LogP contribution in [0.1, 0.15) is 38.3 Å². The second-order valence-electron chi connectivity index (χ2n) is 5.41. The smallest absolute Gasteiger partial charge is 0.303 e. The molecule has 1 aromatic carbocycles. The first-order valence-corrected chi connectivity index (χ1v) is 6.61. The van der Waals surface area contributed by atoms with Crippen molar-refractivity contribution in [2.45, 2.75) is 52.1 Å². The van der Waals surface area contributed by atoms with Gasteiger partial charge in [0.2, 0.25) is 0 Å². The van der Waals surface area contributed by atoms with Crippen LogP contribution in [0.25, 0.3) is 0 Å². The van der Waals surface area contributed by atoms with E-state index in [-0.39, 0.29) is 6.42 Å². The molecule has 98 valence electrons. The van der Waals surface area contributed by atoms with Gasteiger partial charge < -0.3 is 10.0 Å². The van der Waals surface area contributed by atoms with Crippen LogP contribution in [-0.4, -0.2) is 23.2 Å². The highest BCUT2D eigenvalue weighted by Gasteiger charge is 2.27. The zero-order valence-electron chi connectivity index (χ0n) is 11.3. The van der Waals surface area contributed by atoms with E-state index in [0.29, 0.717) is 18.5 Å². The molecular weight excluding hydrogens is 226 g/mol. The molecule has 1 heterocycles. The van der Waals surface area contributed by atoms with Crippen molar-refractivity contribution in [1.29, 1.82) is 0 Å². The van der Waals surface area contributed by atoms with E-state index in [9.17, 15) is 4.79 Å². The SMILES string of the molecule is CC(C)N1c2ccc(CCC(=O)O)cc2CC1C. The molecule has 3 heteroatoms. The fourth-order valence-corrected chi connectivity index (χ4v) is 2.90. The maximum absolute atomic E-state index is 10.6. The van der Waals surface area contributed by atoms with E-state index in [1.54, 1.807) is 0 Å². The van der Waals surface area contributed by atoms with Crippen molar-refractivity contribution >= 4 is 11.7 Å². The van der Waals surface area contributed by atoms with Crippen LogP contribution in [0.3, 0.4) is 0 Å². The average Bonchev–Trinajstić information content (AvgIpc) is 2.61. The number of carboxylic acid groups (broad SMARTS) is 1. The lowest BCUT2D eigenvalue weighted by Gasteiger charge is -2.29. The number of hydrogen-bond acceptors (Lipinski definition) is 2. The summed E-state index contributed by atoms with van der Waals surface area (Å²) in [7, 11) is 0. The van der Waals surface area contributed by atoms with Crippen LogP contribution in [0, 0.1) is 0 Å². The summed E-state index contributed by atoms with van der Waals surface area (Å²) in [5, 5.41) is 8.72. The molecule has 0 spiro atoms. The Balaban J connectivity index is 2.19. The molecule has 1 atom stereocenters. The van der Waals surface area contributed by atoms with E-state index < -0.39 is 5.97 Å². The van der Waals surface area contributed by atoms with Gasteiger partial charge in [-0.1, -0.05) is 12.1 Å². The molecule has 0 amide bonds. The summed E-state index contributed by atoms with van der Waals surface area (Å²) in [6.45, 7) is 6.67. The largest absolute Gasteiger partial charge is 0.481 e. The van der Waals surface area contributed by atoms with Crippen LogP contribution in [0.4, 0.5) is 5.69 Å². The molecule has 0 aromatic heterocycles. The Morgan fingerprint density at radius 1 is 1.50 bits per heavy atom. The maximum atomic E-state index is 10.6. The minimum Gasteiger partial charge on any atom is -0.481 e. The van der Waals surface area contributed by atoms with Gasteiger partial charge in [-0.05, 0) is 50.8 Å². The fourth-order valence-electron chi connectivity index (χ4n) is 2.90. The number of benzene rings is 1. The summed E-state index contributed by atoms with van der Waals surface area (Å²) in [5.41, 5.74) is 3.81. The highest BCUT2D eigenvalue weighted by atomic mass is 16.4. The lowest BCUT2D eigenvalue weighted by atomic mass is 10.0. The monoisotopic (exact) mass is 247 g/mol. The first kappa shape index (κ1) is 12.9. The van der Waals surface area contributed by atoms with E-state index in [0.717, 1.165) is 12.0 Å². The van der Waals surface area contributed by atoms with Gasteiger partial charge in [0, 0.05) is 24.2 Å². The van der Waals surface area contributed by atoms with Gasteiger partial charge in [0.1, 0.15) is 0 Å². The van der Waals surface area contributed by atoms with Gasteiger partial charge in [-0.2, -0.15) is 0 Å². The second-order valence-corrected chi connectivity index (χ2v) is 5.41. The number of aliphatic carboxylic acids is 1. The number of aryl methyl sites for hydroxylation is 1. The lowest BCUT2D eigenvalue weighted by molar-refractivity contribution is -0.136. The Morgan fingerprint density at radius 3 is 2.83 bits per heavy atom. The summed E-state index contributed by atoms with van der Waals surface area (Å²) in [6, 6.07) is 7.43. The van der Waals surface area contributed by atoms with E-state index in [2.05, 4.69) is 43.9 Å². The summed E-state index contributed by atoms with van der Waals surface area (Å²) >= 11 is 0. The molecule has 3 nitrogen and oxygen atoms in total. The third-order valence-corrected chi connectivity index (χ3v) is 3.60. The molecule has 0 radical (unpaired) electrons. The first-order chi connectivity index (χ1) is 8.49. The molecule has 0 aliphatic carbocycles. The van der Waals surface area contributed by atoms with Gasteiger partial charge in [-0.3, -0.25) is 4.79 Å². The van der Waals surface area contributed by atoms with Crippen LogP contribution in [0.5, 0.6) is 0 Å². The van der Waals surface area contributed by atoms with E-state index in [1.807, 2.05) is 0 Å². The minimum atomic E-state index is -0.729. The maximum Gasteiger partial charge on any atom is 0.303 e. The van der Waals surface area contributed by atoms with Crippen LogP contribution < -0.4 is 4.90 Å². The van der Waals surface area contributed by atoms with E-state index in [1.165, 1.54) is 11.3 Å². The normalized spacial score (nSPS) is 18.2. The number of hydrogen-bond donors (Lipinski definition) is 1. The molecule has 1 aromatic rings. The summed E-state index contributed by atoms with van der Waals surface area (Å²) in [4.78, 5) is 13.0. The molecule has 0 fully saturated rings. The molecule has 18 heavy (non-hydrogen) atoms. The molecule has 1 aliphatic heterocycles. The zero-order valence-corrected chi connectivity index (χ0v) is 11.3. The number of anilines is 1. The van der Waals surface area contributed by atoms with Crippen molar-refractivity contribution in [3.63, 3.8) is 0 Å². The number of carbonyl (C=O) groups is 1. The summed E-state index contributed by atoms with van der Waals surface area (Å²) in [6.07, 6.45) is 1.90. The van der Waals surface area contributed by atoms with Crippen molar-refractivity contribution in [3.05, 3.63) is 29.3 Å². The predicted octanol–water partition coefficient (Wildman–Crippen LogP) is 2.86. The molecule has 1 N–H and O–H groups in total. The molecule has 0 saturated heterocycles.